The van der Waals surface area contributed by atoms with Crippen molar-refractivity contribution in [3.05, 3.63) is 29.8 Å². The maximum Gasteiger partial charge on any atom is 0.306 e. The van der Waals surface area contributed by atoms with Crippen LogP contribution < -0.4 is 10.6 Å². The van der Waals surface area contributed by atoms with Gasteiger partial charge in [-0.15, -0.1) is 0 Å². The SMILES string of the molecule is O=C(O)C1CCC(NC(=O)C2CNc3ccccc32)C1. The lowest BCUT2D eigenvalue weighted by atomic mass is 10.00. The molecule has 0 saturated heterocycles. The second-order valence-electron chi connectivity index (χ2n) is 5.57. The molecule has 3 unspecified atom stereocenters. The third kappa shape index (κ3) is 2.35. The van der Waals surface area contributed by atoms with Crippen molar-refractivity contribution in [1.82, 2.24) is 5.32 Å². The molecule has 5 nitrogen and oxygen atoms in total. The van der Waals surface area contributed by atoms with Crippen LogP contribution in [0.3, 0.4) is 0 Å². The molecule has 1 aliphatic heterocycles. The van der Waals surface area contributed by atoms with Gasteiger partial charge in [0.05, 0.1) is 11.8 Å². The van der Waals surface area contributed by atoms with E-state index in [4.69, 9.17) is 5.11 Å². The molecule has 3 atom stereocenters. The van der Waals surface area contributed by atoms with Gasteiger partial charge in [0.2, 0.25) is 5.91 Å². The first-order valence-electron chi connectivity index (χ1n) is 7.01. The number of aliphatic carboxylic acids is 1. The Labute approximate surface area is 117 Å². The van der Waals surface area contributed by atoms with Crippen LogP contribution >= 0.6 is 0 Å². The largest absolute Gasteiger partial charge is 0.481 e. The monoisotopic (exact) mass is 274 g/mol. The molecule has 106 valence electrons. The van der Waals surface area contributed by atoms with Gasteiger partial charge < -0.3 is 15.7 Å². The number of anilines is 1. The molecular formula is C15H18N2O3. The van der Waals surface area contributed by atoms with Crippen molar-refractivity contribution in [2.75, 3.05) is 11.9 Å². The Balaban J connectivity index is 1.63. The molecule has 1 heterocycles. The minimum Gasteiger partial charge on any atom is -0.481 e. The molecule has 3 N–H and O–H groups in total. The number of carboxylic acids is 1. The van der Waals surface area contributed by atoms with Crippen molar-refractivity contribution in [2.24, 2.45) is 5.92 Å². The molecule has 1 aromatic carbocycles. The predicted molar refractivity (Wildman–Crippen MR) is 74.6 cm³/mol. The molecule has 1 amide bonds. The van der Waals surface area contributed by atoms with Crippen molar-refractivity contribution >= 4 is 17.6 Å². The average molecular weight is 274 g/mol. The van der Waals surface area contributed by atoms with E-state index in [0.29, 0.717) is 19.4 Å². The Morgan fingerprint density at radius 2 is 2.05 bits per heavy atom. The first-order valence-corrected chi connectivity index (χ1v) is 7.01. The van der Waals surface area contributed by atoms with Crippen LogP contribution in [-0.2, 0) is 9.59 Å². The Hall–Kier alpha value is -2.04. The second kappa shape index (κ2) is 5.15. The summed E-state index contributed by atoms with van der Waals surface area (Å²) in [6.45, 7) is 0.611. The first-order chi connectivity index (χ1) is 9.65. The zero-order valence-electron chi connectivity index (χ0n) is 11.1. The average Bonchev–Trinajstić information content (AvgIpc) is 3.04. The maximum atomic E-state index is 12.3. The van der Waals surface area contributed by atoms with E-state index in [9.17, 15) is 9.59 Å². The van der Waals surface area contributed by atoms with Crippen LogP contribution in [0, 0.1) is 5.92 Å². The van der Waals surface area contributed by atoms with Gasteiger partial charge in [0.25, 0.3) is 0 Å². The summed E-state index contributed by atoms with van der Waals surface area (Å²) in [5, 5.41) is 15.2. The van der Waals surface area contributed by atoms with Crippen molar-refractivity contribution in [1.29, 1.82) is 0 Å². The minimum atomic E-state index is -0.755. The number of hydrogen-bond acceptors (Lipinski definition) is 3. The first kappa shape index (κ1) is 13.0. The third-order valence-corrected chi connectivity index (χ3v) is 4.28. The van der Waals surface area contributed by atoms with E-state index in [2.05, 4.69) is 10.6 Å². The number of hydrogen-bond donors (Lipinski definition) is 3. The molecule has 20 heavy (non-hydrogen) atoms. The molecular weight excluding hydrogens is 256 g/mol. The number of nitrogens with one attached hydrogen (secondary N) is 2. The summed E-state index contributed by atoms with van der Waals surface area (Å²) >= 11 is 0. The van der Waals surface area contributed by atoms with Crippen LogP contribution in [0.2, 0.25) is 0 Å². The van der Waals surface area contributed by atoms with E-state index in [1.54, 1.807) is 0 Å². The fourth-order valence-corrected chi connectivity index (χ4v) is 3.16. The minimum absolute atomic E-state index is 0.00140. The van der Waals surface area contributed by atoms with Crippen molar-refractivity contribution < 1.29 is 14.7 Å². The van der Waals surface area contributed by atoms with E-state index in [0.717, 1.165) is 17.7 Å². The number of rotatable bonds is 3. The molecule has 2 aliphatic rings. The summed E-state index contributed by atoms with van der Waals surface area (Å²) in [4.78, 5) is 23.3. The quantitative estimate of drug-likeness (QED) is 0.781. The molecule has 0 spiro atoms. The summed E-state index contributed by atoms with van der Waals surface area (Å²) in [5.74, 6) is -1.24. The molecule has 1 fully saturated rings. The van der Waals surface area contributed by atoms with Gasteiger partial charge in [0.1, 0.15) is 0 Å². The van der Waals surface area contributed by atoms with Crippen molar-refractivity contribution in [3.63, 3.8) is 0 Å². The number of benzene rings is 1. The van der Waals surface area contributed by atoms with Crippen LogP contribution in [-0.4, -0.2) is 29.6 Å². The fourth-order valence-electron chi connectivity index (χ4n) is 3.16. The summed E-state index contributed by atoms with van der Waals surface area (Å²) in [7, 11) is 0. The van der Waals surface area contributed by atoms with Crippen LogP contribution in [0.15, 0.2) is 24.3 Å². The van der Waals surface area contributed by atoms with Crippen molar-refractivity contribution in [2.45, 2.75) is 31.2 Å². The normalized spacial score (nSPS) is 27.7. The van der Waals surface area contributed by atoms with E-state index in [-0.39, 0.29) is 23.8 Å². The number of carbonyl (C=O) groups is 2. The molecule has 3 rings (SSSR count). The summed E-state index contributed by atoms with van der Waals surface area (Å²) in [5.41, 5.74) is 2.04. The number of carboxylic acid groups (broad SMARTS) is 1. The fraction of sp³-hybridized carbons (Fsp3) is 0.467. The zero-order valence-corrected chi connectivity index (χ0v) is 11.1. The topological polar surface area (TPSA) is 78.4 Å². The van der Waals surface area contributed by atoms with Gasteiger partial charge >= 0.3 is 5.97 Å². The van der Waals surface area contributed by atoms with Gasteiger partial charge in [-0.05, 0) is 30.9 Å². The van der Waals surface area contributed by atoms with E-state index in [1.165, 1.54) is 0 Å². The number of amides is 1. The van der Waals surface area contributed by atoms with E-state index < -0.39 is 5.97 Å². The lowest BCUT2D eigenvalue weighted by Gasteiger charge is -2.16. The highest BCUT2D eigenvalue weighted by molar-refractivity contribution is 5.88. The van der Waals surface area contributed by atoms with Crippen LogP contribution in [0.25, 0.3) is 0 Å². The molecule has 0 radical (unpaired) electrons. The number of carbonyl (C=O) groups excluding carboxylic acids is 1. The standard InChI is InChI=1S/C15H18N2O3/c18-14(17-10-6-5-9(7-10)15(19)20)12-8-16-13-4-2-1-3-11(12)13/h1-4,9-10,12,16H,5-8H2,(H,17,18)(H,19,20). The van der Waals surface area contributed by atoms with Crippen LogP contribution in [0.4, 0.5) is 5.69 Å². The second-order valence-corrected chi connectivity index (χ2v) is 5.57. The van der Waals surface area contributed by atoms with Gasteiger partial charge in [-0.25, -0.2) is 0 Å². The maximum absolute atomic E-state index is 12.3. The van der Waals surface area contributed by atoms with Gasteiger partial charge in [-0.1, -0.05) is 18.2 Å². The summed E-state index contributed by atoms with van der Waals surface area (Å²) < 4.78 is 0. The Bertz CT molecular complexity index is 544. The van der Waals surface area contributed by atoms with Crippen molar-refractivity contribution in [3.8, 4) is 0 Å². The van der Waals surface area contributed by atoms with Gasteiger partial charge in [0, 0.05) is 18.3 Å². The van der Waals surface area contributed by atoms with Gasteiger partial charge in [0.15, 0.2) is 0 Å². The Kier molecular flexibility index (Phi) is 3.34. The molecule has 0 bridgehead atoms. The lowest BCUT2D eigenvalue weighted by molar-refractivity contribution is -0.141. The third-order valence-electron chi connectivity index (χ3n) is 4.28. The van der Waals surface area contributed by atoms with E-state index >= 15 is 0 Å². The number of fused-ring (bicyclic) bond motifs is 1. The molecule has 1 aromatic rings. The molecule has 1 saturated carbocycles. The highest BCUT2D eigenvalue weighted by Crippen LogP contribution is 2.32. The predicted octanol–water partition coefficient (Wildman–Crippen LogP) is 1.57. The zero-order chi connectivity index (χ0) is 14.1. The summed E-state index contributed by atoms with van der Waals surface area (Å²) in [6.07, 6.45) is 1.95. The summed E-state index contributed by atoms with van der Waals surface area (Å²) in [6, 6.07) is 7.81. The van der Waals surface area contributed by atoms with E-state index in [1.807, 2.05) is 24.3 Å². The Morgan fingerprint density at radius 3 is 2.80 bits per heavy atom. The highest BCUT2D eigenvalue weighted by atomic mass is 16.4. The van der Waals surface area contributed by atoms with Gasteiger partial charge in [-0.3, -0.25) is 9.59 Å². The highest BCUT2D eigenvalue weighted by Gasteiger charge is 2.34. The smallest absolute Gasteiger partial charge is 0.306 e. The molecule has 1 aliphatic carbocycles. The molecule has 5 heteroatoms. The van der Waals surface area contributed by atoms with Gasteiger partial charge in [-0.2, -0.15) is 0 Å². The van der Waals surface area contributed by atoms with Crippen LogP contribution in [0.1, 0.15) is 30.7 Å². The lowest BCUT2D eigenvalue weighted by Crippen LogP contribution is -2.37. The molecule has 0 aromatic heterocycles. The number of para-hydroxylation sites is 1. The Morgan fingerprint density at radius 1 is 1.25 bits per heavy atom. The van der Waals surface area contributed by atoms with Crippen LogP contribution in [0.5, 0.6) is 0 Å².